The van der Waals surface area contributed by atoms with Gasteiger partial charge < -0.3 is 20.0 Å². The summed E-state index contributed by atoms with van der Waals surface area (Å²) in [4.78, 5) is 12.1. The molecule has 0 fully saturated rings. The fourth-order valence-corrected chi connectivity index (χ4v) is 3.34. The molecule has 0 saturated heterocycles. The van der Waals surface area contributed by atoms with Crippen molar-refractivity contribution in [1.29, 1.82) is 0 Å². The van der Waals surface area contributed by atoms with Crippen LogP contribution in [-0.4, -0.2) is 29.5 Å². The monoisotopic (exact) mass is 535 g/mol. The summed E-state index contributed by atoms with van der Waals surface area (Å²) in [5, 5.41) is 8.49. The zero-order valence-corrected chi connectivity index (χ0v) is 19.6. The van der Waals surface area contributed by atoms with Crippen molar-refractivity contribution in [1.82, 2.24) is 20.6 Å². The molecule has 0 spiro atoms. The second-order valence-electron chi connectivity index (χ2n) is 6.62. The first-order chi connectivity index (χ1) is 14.2. The number of fused-ring (bicyclic) bond motifs is 1. The molecule has 6 nitrogen and oxygen atoms in total. The van der Waals surface area contributed by atoms with E-state index in [4.69, 9.17) is 16.0 Å². The maximum Gasteiger partial charge on any atom is 0.226 e. The van der Waals surface area contributed by atoms with Gasteiger partial charge >= 0.3 is 0 Å². The number of benzene rings is 2. The lowest BCUT2D eigenvalue weighted by molar-refractivity contribution is 0.572. The standard InChI is InChI=1S/C22H22ClN5O.HI/c1-24-22(25-10-9-16-12-26-20-8-7-17(23)11-19(16)20)27-13-18-14-29-21(28-18)15-5-3-2-4-6-15;/h2-8,11-12,14,26H,9-10,13H2,1H3,(H2,24,25,27);1H. The van der Waals surface area contributed by atoms with Crippen molar-refractivity contribution in [3.8, 4) is 11.5 Å². The minimum atomic E-state index is 0. The molecule has 0 aliphatic carbocycles. The Labute approximate surface area is 197 Å². The number of H-pyrrole nitrogens is 1. The van der Waals surface area contributed by atoms with Gasteiger partial charge in [0.1, 0.15) is 6.26 Å². The summed E-state index contributed by atoms with van der Waals surface area (Å²) in [5.74, 6) is 1.33. The van der Waals surface area contributed by atoms with Crippen LogP contribution in [0.3, 0.4) is 0 Å². The van der Waals surface area contributed by atoms with E-state index in [1.54, 1.807) is 13.3 Å². The van der Waals surface area contributed by atoms with Gasteiger partial charge in [0.15, 0.2) is 5.96 Å². The normalized spacial score (nSPS) is 11.3. The number of guanidine groups is 1. The number of aromatic nitrogens is 2. The molecule has 4 aromatic rings. The third-order valence-corrected chi connectivity index (χ3v) is 4.88. The highest BCUT2D eigenvalue weighted by atomic mass is 127. The van der Waals surface area contributed by atoms with Gasteiger partial charge in [-0.1, -0.05) is 29.8 Å². The fourth-order valence-electron chi connectivity index (χ4n) is 3.17. The minimum Gasteiger partial charge on any atom is -0.444 e. The molecule has 2 heterocycles. The fraction of sp³-hybridized carbons (Fsp3) is 0.182. The predicted molar refractivity (Wildman–Crippen MR) is 133 cm³/mol. The van der Waals surface area contributed by atoms with Gasteiger partial charge in [0, 0.05) is 41.3 Å². The largest absolute Gasteiger partial charge is 0.444 e. The Balaban J connectivity index is 0.00000256. The number of nitrogens with zero attached hydrogens (tertiary/aromatic N) is 2. The molecule has 4 rings (SSSR count). The van der Waals surface area contributed by atoms with Crippen LogP contribution in [0.4, 0.5) is 0 Å². The lowest BCUT2D eigenvalue weighted by Crippen LogP contribution is -2.37. The van der Waals surface area contributed by atoms with E-state index in [0.29, 0.717) is 18.4 Å². The zero-order valence-electron chi connectivity index (χ0n) is 16.5. The quantitative estimate of drug-likeness (QED) is 0.184. The molecule has 3 N–H and O–H groups in total. The van der Waals surface area contributed by atoms with Crippen LogP contribution in [0.5, 0.6) is 0 Å². The number of nitrogens with one attached hydrogen (secondary N) is 3. The average Bonchev–Trinajstić information content (AvgIpc) is 3.38. The summed E-state index contributed by atoms with van der Waals surface area (Å²) in [6.07, 6.45) is 4.54. The lowest BCUT2D eigenvalue weighted by atomic mass is 10.1. The smallest absolute Gasteiger partial charge is 0.226 e. The van der Waals surface area contributed by atoms with E-state index < -0.39 is 0 Å². The molecule has 2 aromatic carbocycles. The summed E-state index contributed by atoms with van der Waals surface area (Å²) in [6.45, 7) is 1.27. The Morgan fingerprint density at radius 3 is 2.80 bits per heavy atom. The SMILES string of the molecule is CN=C(NCCc1c[nH]c2ccc(Cl)cc12)NCc1coc(-c2ccccc2)n1.I. The van der Waals surface area contributed by atoms with Crippen molar-refractivity contribution in [3.63, 3.8) is 0 Å². The van der Waals surface area contributed by atoms with Gasteiger partial charge in [0.05, 0.1) is 12.2 Å². The van der Waals surface area contributed by atoms with Crippen LogP contribution in [0.15, 0.2) is 70.4 Å². The van der Waals surface area contributed by atoms with Crippen molar-refractivity contribution in [2.45, 2.75) is 13.0 Å². The van der Waals surface area contributed by atoms with E-state index >= 15 is 0 Å². The molecule has 8 heteroatoms. The maximum atomic E-state index is 6.12. The number of rotatable bonds is 6. The molecular weight excluding hydrogens is 513 g/mol. The van der Waals surface area contributed by atoms with Crippen molar-refractivity contribution in [3.05, 3.63) is 77.3 Å². The van der Waals surface area contributed by atoms with E-state index in [2.05, 4.69) is 25.6 Å². The Kier molecular flexibility index (Phi) is 7.75. The summed E-state index contributed by atoms with van der Waals surface area (Å²) < 4.78 is 5.57. The number of aliphatic imine (C=N–C) groups is 1. The van der Waals surface area contributed by atoms with Gasteiger partial charge in [0.2, 0.25) is 5.89 Å². The van der Waals surface area contributed by atoms with Gasteiger partial charge in [-0.05, 0) is 42.3 Å². The lowest BCUT2D eigenvalue weighted by Gasteiger charge is -2.10. The number of aromatic amines is 1. The molecule has 0 amide bonds. The number of hydrogen-bond donors (Lipinski definition) is 3. The Morgan fingerprint density at radius 1 is 1.17 bits per heavy atom. The van der Waals surface area contributed by atoms with Crippen LogP contribution < -0.4 is 10.6 Å². The first-order valence-electron chi connectivity index (χ1n) is 9.43. The van der Waals surface area contributed by atoms with Gasteiger partial charge in [-0.25, -0.2) is 4.98 Å². The van der Waals surface area contributed by atoms with E-state index in [0.717, 1.165) is 40.1 Å². The highest BCUT2D eigenvalue weighted by molar-refractivity contribution is 14.0. The second-order valence-corrected chi connectivity index (χ2v) is 7.05. The third kappa shape index (κ3) is 5.34. The highest BCUT2D eigenvalue weighted by Crippen LogP contribution is 2.22. The number of hydrogen-bond acceptors (Lipinski definition) is 3. The van der Waals surface area contributed by atoms with Crippen molar-refractivity contribution < 1.29 is 4.42 Å². The van der Waals surface area contributed by atoms with Crippen LogP contribution >= 0.6 is 35.6 Å². The van der Waals surface area contributed by atoms with E-state index in [9.17, 15) is 0 Å². The van der Waals surface area contributed by atoms with E-state index in [1.165, 1.54) is 5.56 Å². The minimum absolute atomic E-state index is 0. The van der Waals surface area contributed by atoms with Crippen molar-refractivity contribution >= 4 is 52.4 Å². The van der Waals surface area contributed by atoms with Gasteiger partial charge in [-0.15, -0.1) is 24.0 Å². The van der Waals surface area contributed by atoms with Crippen LogP contribution in [0.2, 0.25) is 5.02 Å². The second kappa shape index (κ2) is 10.5. The molecule has 0 radical (unpaired) electrons. The molecule has 0 saturated carbocycles. The molecule has 0 unspecified atom stereocenters. The van der Waals surface area contributed by atoms with E-state index in [-0.39, 0.29) is 24.0 Å². The molecule has 0 aliphatic rings. The molecule has 0 bridgehead atoms. The first-order valence-corrected chi connectivity index (χ1v) is 9.80. The van der Waals surface area contributed by atoms with Crippen molar-refractivity contribution in [2.75, 3.05) is 13.6 Å². The Morgan fingerprint density at radius 2 is 2.00 bits per heavy atom. The molecule has 2 aromatic heterocycles. The molecule has 0 atom stereocenters. The van der Waals surface area contributed by atoms with Crippen molar-refractivity contribution in [2.24, 2.45) is 4.99 Å². The van der Waals surface area contributed by atoms with E-state index in [1.807, 2.05) is 54.7 Å². The van der Waals surface area contributed by atoms with Crippen LogP contribution in [0.1, 0.15) is 11.3 Å². The molecule has 0 aliphatic heterocycles. The zero-order chi connectivity index (χ0) is 20.1. The third-order valence-electron chi connectivity index (χ3n) is 4.65. The topological polar surface area (TPSA) is 78.2 Å². The maximum absolute atomic E-state index is 6.12. The Bertz CT molecular complexity index is 1120. The van der Waals surface area contributed by atoms with Crippen LogP contribution in [0.25, 0.3) is 22.4 Å². The molecular formula is C22H23ClIN5O. The number of halogens is 2. The van der Waals surface area contributed by atoms with Crippen LogP contribution in [-0.2, 0) is 13.0 Å². The summed E-state index contributed by atoms with van der Waals surface area (Å²) >= 11 is 6.12. The predicted octanol–water partition coefficient (Wildman–Crippen LogP) is 5.00. The highest BCUT2D eigenvalue weighted by Gasteiger charge is 2.08. The Hall–Kier alpha value is -2.52. The first kappa shape index (κ1) is 22.2. The molecule has 30 heavy (non-hydrogen) atoms. The number of oxazole rings is 1. The van der Waals surface area contributed by atoms with Crippen LogP contribution in [0, 0.1) is 0 Å². The summed E-state index contributed by atoms with van der Waals surface area (Å²) in [5.41, 5.74) is 4.08. The van der Waals surface area contributed by atoms with Gasteiger partial charge in [-0.3, -0.25) is 4.99 Å². The summed E-state index contributed by atoms with van der Waals surface area (Å²) in [7, 11) is 1.75. The van der Waals surface area contributed by atoms with Gasteiger partial charge in [-0.2, -0.15) is 0 Å². The van der Waals surface area contributed by atoms with Gasteiger partial charge in [0.25, 0.3) is 0 Å². The summed E-state index contributed by atoms with van der Waals surface area (Å²) in [6, 6.07) is 15.7. The molecule has 156 valence electrons. The average molecular weight is 536 g/mol.